The molecule has 0 saturated heterocycles. The number of amides is 1. The number of aryl methyl sites for hydroxylation is 2. The lowest BCUT2D eigenvalue weighted by atomic mass is 10.1. The van der Waals surface area contributed by atoms with E-state index < -0.39 is 0 Å². The van der Waals surface area contributed by atoms with E-state index in [1.807, 2.05) is 40.1 Å². The normalized spacial score (nSPS) is 12.2. The van der Waals surface area contributed by atoms with Crippen LogP contribution >= 0.6 is 23.1 Å². The quantitative estimate of drug-likeness (QED) is 0.759. The standard InChI is InChI=1S/C15H20N4OS2/c1-10-5-6-16-13(7-10)8-11(2)19(4)14(20)9-21-15-18-17-12(3)22-15/h5-7,11H,8-9H2,1-4H3. The SMILES string of the molecule is Cc1ccnc(CC(C)N(C)C(=O)CSc2nnc(C)s2)c1. The fourth-order valence-electron chi connectivity index (χ4n) is 1.96. The smallest absolute Gasteiger partial charge is 0.233 e. The largest absolute Gasteiger partial charge is 0.342 e. The van der Waals surface area contributed by atoms with Crippen molar-refractivity contribution in [1.82, 2.24) is 20.1 Å². The predicted molar refractivity (Wildman–Crippen MR) is 90.3 cm³/mol. The summed E-state index contributed by atoms with van der Waals surface area (Å²) in [6.45, 7) is 6.00. The third-order valence-corrected chi connectivity index (χ3v) is 5.31. The van der Waals surface area contributed by atoms with Gasteiger partial charge in [-0.1, -0.05) is 23.1 Å². The number of hydrogen-bond acceptors (Lipinski definition) is 6. The van der Waals surface area contributed by atoms with Crippen molar-refractivity contribution < 1.29 is 4.79 Å². The van der Waals surface area contributed by atoms with Crippen LogP contribution in [0.1, 0.15) is 23.2 Å². The number of nitrogens with zero attached hydrogens (tertiary/aromatic N) is 4. The van der Waals surface area contributed by atoms with Gasteiger partial charge in [0, 0.05) is 31.4 Å². The van der Waals surface area contributed by atoms with Gasteiger partial charge in [-0.15, -0.1) is 10.2 Å². The zero-order chi connectivity index (χ0) is 16.1. The lowest BCUT2D eigenvalue weighted by Gasteiger charge is -2.24. The minimum atomic E-state index is 0.0954. The highest BCUT2D eigenvalue weighted by molar-refractivity contribution is 8.01. The first kappa shape index (κ1) is 16.9. The number of hydrogen-bond donors (Lipinski definition) is 0. The zero-order valence-corrected chi connectivity index (χ0v) is 14.9. The van der Waals surface area contributed by atoms with Gasteiger partial charge in [0.15, 0.2) is 4.34 Å². The molecule has 0 bridgehead atoms. The maximum Gasteiger partial charge on any atom is 0.233 e. The van der Waals surface area contributed by atoms with Gasteiger partial charge in [-0.3, -0.25) is 9.78 Å². The van der Waals surface area contributed by atoms with Crippen molar-refractivity contribution in [3.05, 3.63) is 34.6 Å². The van der Waals surface area contributed by atoms with E-state index >= 15 is 0 Å². The first-order chi connectivity index (χ1) is 10.5. The van der Waals surface area contributed by atoms with Crippen molar-refractivity contribution in [2.24, 2.45) is 0 Å². The van der Waals surface area contributed by atoms with Gasteiger partial charge >= 0.3 is 0 Å². The Kier molecular flexibility index (Phi) is 5.90. The second-order valence-corrected chi connectivity index (χ2v) is 7.66. The van der Waals surface area contributed by atoms with Crippen LogP contribution in [0.4, 0.5) is 0 Å². The van der Waals surface area contributed by atoms with Gasteiger partial charge in [0.1, 0.15) is 5.01 Å². The number of likely N-dealkylation sites (N-methyl/N-ethyl adjacent to an activating group) is 1. The van der Waals surface area contributed by atoms with Crippen LogP contribution in [-0.2, 0) is 11.2 Å². The van der Waals surface area contributed by atoms with Crippen LogP contribution in [0.2, 0.25) is 0 Å². The maximum atomic E-state index is 12.3. The Morgan fingerprint density at radius 1 is 1.41 bits per heavy atom. The number of thioether (sulfide) groups is 1. The predicted octanol–water partition coefficient (Wildman–Crippen LogP) is 2.73. The van der Waals surface area contributed by atoms with E-state index in [9.17, 15) is 4.79 Å². The molecule has 7 heteroatoms. The van der Waals surface area contributed by atoms with Gasteiger partial charge in [0.25, 0.3) is 0 Å². The maximum absolute atomic E-state index is 12.3. The molecule has 0 aromatic carbocycles. The van der Waals surface area contributed by atoms with Crippen molar-refractivity contribution in [3.63, 3.8) is 0 Å². The Bertz CT molecular complexity index is 644. The molecule has 1 unspecified atom stereocenters. The van der Waals surface area contributed by atoms with E-state index in [0.717, 1.165) is 21.5 Å². The summed E-state index contributed by atoms with van der Waals surface area (Å²) >= 11 is 2.96. The zero-order valence-electron chi connectivity index (χ0n) is 13.2. The molecule has 1 amide bonds. The molecule has 2 aromatic rings. The lowest BCUT2D eigenvalue weighted by molar-refractivity contribution is -0.128. The summed E-state index contributed by atoms with van der Waals surface area (Å²) in [6.07, 6.45) is 2.57. The van der Waals surface area contributed by atoms with Crippen LogP contribution in [0.15, 0.2) is 22.7 Å². The lowest BCUT2D eigenvalue weighted by Crippen LogP contribution is -2.37. The van der Waals surface area contributed by atoms with Crippen molar-refractivity contribution in [2.75, 3.05) is 12.8 Å². The Morgan fingerprint density at radius 3 is 2.82 bits per heavy atom. The van der Waals surface area contributed by atoms with Crippen LogP contribution in [0.3, 0.4) is 0 Å². The van der Waals surface area contributed by atoms with Crippen LogP contribution in [0.25, 0.3) is 0 Å². The molecule has 2 aromatic heterocycles. The van der Waals surface area contributed by atoms with Crippen LogP contribution < -0.4 is 0 Å². The van der Waals surface area contributed by atoms with Gasteiger partial charge < -0.3 is 4.90 Å². The van der Waals surface area contributed by atoms with Crippen LogP contribution in [0.5, 0.6) is 0 Å². The summed E-state index contributed by atoms with van der Waals surface area (Å²) in [5.74, 6) is 0.481. The first-order valence-electron chi connectivity index (χ1n) is 7.06. The van der Waals surface area contributed by atoms with Crippen molar-refractivity contribution in [3.8, 4) is 0 Å². The number of carbonyl (C=O) groups excluding carboxylic acids is 1. The highest BCUT2D eigenvalue weighted by Crippen LogP contribution is 2.22. The molecule has 118 valence electrons. The molecule has 0 aliphatic heterocycles. The van der Waals surface area contributed by atoms with Crippen LogP contribution in [0, 0.1) is 13.8 Å². The molecule has 0 N–H and O–H groups in total. The molecule has 2 rings (SSSR count). The molecular formula is C15H20N4OS2. The number of pyridine rings is 1. The van der Waals surface area contributed by atoms with Crippen LogP contribution in [-0.4, -0.2) is 44.8 Å². The molecule has 0 saturated carbocycles. The molecule has 0 spiro atoms. The van der Waals surface area contributed by atoms with Gasteiger partial charge in [0.05, 0.1) is 5.75 Å². The summed E-state index contributed by atoms with van der Waals surface area (Å²) < 4.78 is 0.840. The molecule has 1 atom stereocenters. The average molecular weight is 336 g/mol. The van der Waals surface area contributed by atoms with E-state index in [0.29, 0.717) is 5.75 Å². The first-order valence-corrected chi connectivity index (χ1v) is 8.86. The monoisotopic (exact) mass is 336 g/mol. The molecule has 0 fully saturated rings. The Hall–Kier alpha value is -1.47. The molecule has 0 radical (unpaired) electrons. The third-order valence-electron chi connectivity index (χ3n) is 3.36. The highest BCUT2D eigenvalue weighted by Gasteiger charge is 2.17. The van der Waals surface area contributed by atoms with E-state index in [1.54, 1.807) is 4.90 Å². The Balaban J connectivity index is 1.86. The molecule has 0 aliphatic rings. The Labute approximate surface area is 139 Å². The average Bonchev–Trinajstić information content (AvgIpc) is 2.89. The minimum absolute atomic E-state index is 0.0954. The molecular weight excluding hydrogens is 316 g/mol. The number of carbonyl (C=O) groups is 1. The summed E-state index contributed by atoms with van der Waals surface area (Å²) in [4.78, 5) is 18.4. The van der Waals surface area contributed by atoms with E-state index in [-0.39, 0.29) is 11.9 Å². The van der Waals surface area contributed by atoms with Gasteiger partial charge in [0.2, 0.25) is 5.91 Å². The van der Waals surface area contributed by atoms with Gasteiger partial charge in [-0.05, 0) is 38.5 Å². The highest BCUT2D eigenvalue weighted by atomic mass is 32.2. The second-order valence-electron chi connectivity index (χ2n) is 5.26. The molecule has 2 heterocycles. The summed E-state index contributed by atoms with van der Waals surface area (Å²) in [5.41, 5.74) is 2.20. The summed E-state index contributed by atoms with van der Waals surface area (Å²) in [6, 6.07) is 4.15. The molecule has 22 heavy (non-hydrogen) atoms. The van der Waals surface area contributed by atoms with Gasteiger partial charge in [-0.25, -0.2) is 0 Å². The summed E-state index contributed by atoms with van der Waals surface area (Å²) in [7, 11) is 1.84. The molecule has 5 nitrogen and oxygen atoms in total. The molecule has 0 aliphatic carbocycles. The van der Waals surface area contributed by atoms with E-state index in [2.05, 4.69) is 21.2 Å². The van der Waals surface area contributed by atoms with E-state index in [4.69, 9.17) is 0 Å². The summed E-state index contributed by atoms with van der Waals surface area (Å²) in [5, 5.41) is 8.89. The minimum Gasteiger partial charge on any atom is -0.342 e. The van der Waals surface area contributed by atoms with Crippen molar-refractivity contribution in [1.29, 1.82) is 0 Å². The van der Waals surface area contributed by atoms with Crippen molar-refractivity contribution >= 4 is 29.0 Å². The second kappa shape index (κ2) is 7.69. The topological polar surface area (TPSA) is 59.0 Å². The fraction of sp³-hybridized carbons (Fsp3) is 0.467. The van der Waals surface area contributed by atoms with Crippen molar-refractivity contribution in [2.45, 2.75) is 37.6 Å². The number of aromatic nitrogens is 3. The fourth-order valence-corrected chi connectivity index (χ4v) is 3.70. The van der Waals surface area contributed by atoms with Gasteiger partial charge in [-0.2, -0.15) is 0 Å². The van der Waals surface area contributed by atoms with E-state index in [1.165, 1.54) is 28.7 Å². The number of rotatable bonds is 6. The Morgan fingerprint density at radius 2 is 2.18 bits per heavy atom. The third kappa shape index (κ3) is 4.78.